The van der Waals surface area contributed by atoms with Gasteiger partial charge in [0.15, 0.2) is 0 Å². The summed E-state index contributed by atoms with van der Waals surface area (Å²) in [5, 5.41) is 7.11. The lowest BCUT2D eigenvalue weighted by Gasteiger charge is -2.35. The summed E-state index contributed by atoms with van der Waals surface area (Å²) < 4.78 is 5.36. The third-order valence-corrected chi connectivity index (χ3v) is 3.66. The fourth-order valence-corrected chi connectivity index (χ4v) is 2.78. The van der Waals surface area contributed by atoms with E-state index in [2.05, 4.69) is 53.1 Å². The lowest BCUT2D eigenvalue weighted by Crippen LogP contribution is -2.50. The van der Waals surface area contributed by atoms with Gasteiger partial charge in [-0.2, -0.15) is 0 Å². The summed E-state index contributed by atoms with van der Waals surface area (Å²) in [6, 6.07) is 8.44. The maximum atomic E-state index is 5.36. The van der Waals surface area contributed by atoms with Gasteiger partial charge in [0.05, 0.1) is 5.70 Å². The molecule has 0 saturated heterocycles. The van der Waals surface area contributed by atoms with Gasteiger partial charge >= 0.3 is 0 Å². The first-order valence-electron chi connectivity index (χ1n) is 6.21. The van der Waals surface area contributed by atoms with E-state index in [9.17, 15) is 0 Å². The predicted molar refractivity (Wildman–Crippen MR) is 70.9 cm³/mol. The van der Waals surface area contributed by atoms with Gasteiger partial charge in [-0.15, -0.1) is 0 Å². The van der Waals surface area contributed by atoms with Crippen LogP contribution in [0.5, 0.6) is 0 Å². The standard InChI is InChI=1S/C15H14N2O/c1-2-4-13-12(3-1)9-15(16-13)7-5-11-6-8-18-10-14(11)17-15/h1-7,10,16-17H,8-9H2. The first-order chi connectivity index (χ1) is 8.85. The molecule has 1 aromatic rings. The van der Waals surface area contributed by atoms with Crippen molar-refractivity contribution in [3.05, 3.63) is 65.6 Å². The van der Waals surface area contributed by atoms with Crippen molar-refractivity contribution >= 4 is 5.69 Å². The largest absolute Gasteiger partial charge is 0.495 e. The highest BCUT2D eigenvalue weighted by Crippen LogP contribution is 2.35. The number of anilines is 1. The van der Waals surface area contributed by atoms with E-state index in [1.807, 2.05) is 6.26 Å². The van der Waals surface area contributed by atoms with E-state index in [4.69, 9.17) is 4.74 Å². The molecule has 18 heavy (non-hydrogen) atoms. The average molecular weight is 238 g/mol. The Morgan fingerprint density at radius 2 is 2.11 bits per heavy atom. The highest BCUT2D eigenvalue weighted by atomic mass is 16.5. The fraction of sp³-hybridized carbons (Fsp3) is 0.200. The molecule has 3 heterocycles. The van der Waals surface area contributed by atoms with Crippen LogP contribution in [0.4, 0.5) is 5.69 Å². The molecule has 0 saturated carbocycles. The van der Waals surface area contributed by atoms with Crippen LogP contribution in [-0.4, -0.2) is 12.3 Å². The molecule has 0 aliphatic carbocycles. The first-order valence-corrected chi connectivity index (χ1v) is 6.21. The molecule has 1 spiro atoms. The van der Waals surface area contributed by atoms with Crippen LogP contribution in [0.2, 0.25) is 0 Å². The van der Waals surface area contributed by atoms with Crippen molar-refractivity contribution in [3.8, 4) is 0 Å². The van der Waals surface area contributed by atoms with Crippen LogP contribution >= 0.6 is 0 Å². The van der Waals surface area contributed by atoms with Gasteiger partial charge in [0.1, 0.15) is 18.5 Å². The summed E-state index contributed by atoms with van der Waals surface area (Å²) in [6.45, 7) is 0.658. The van der Waals surface area contributed by atoms with Crippen molar-refractivity contribution in [2.24, 2.45) is 0 Å². The molecule has 3 nitrogen and oxygen atoms in total. The third-order valence-electron chi connectivity index (χ3n) is 3.66. The molecule has 1 aromatic carbocycles. The van der Waals surface area contributed by atoms with Crippen LogP contribution in [0.15, 0.2) is 60.0 Å². The zero-order valence-electron chi connectivity index (χ0n) is 9.94. The molecular formula is C15H14N2O. The maximum Gasteiger partial charge on any atom is 0.132 e. The van der Waals surface area contributed by atoms with Gasteiger partial charge < -0.3 is 15.4 Å². The number of nitrogens with one attached hydrogen (secondary N) is 2. The number of benzene rings is 1. The number of hydrogen-bond acceptors (Lipinski definition) is 3. The van der Waals surface area contributed by atoms with Gasteiger partial charge in [0, 0.05) is 17.7 Å². The number of allylic oxidation sites excluding steroid dienone is 1. The topological polar surface area (TPSA) is 33.3 Å². The van der Waals surface area contributed by atoms with Gasteiger partial charge in [-0.25, -0.2) is 0 Å². The summed E-state index contributed by atoms with van der Waals surface area (Å²) in [4.78, 5) is 0. The molecule has 1 unspecified atom stereocenters. The van der Waals surface area contributed by atoms with Crippen LogP contribution in [0.1, 0.15) is 5.56 Å². The number of rotatable bonds is 0. The first kappa shape index (κ1) is 9.83. The summed E-state index contributed by atoms with van der Waals surface area (Å²) in [5.74, 6) is 0. The summed E-state index contributed by atoms with van der Waals surface area (Å²) in [7, 11) is 0. The maximum absolute atomic E-state index is 5.36. The number of fused-ring (bicyclic) bond motifs is 2. The molecular weight excluding hydrogens is 224 g/mol. The minimum Gasteiger partial charge on any atom is -0.495 e. The van der Waals surface area contributed by atoms with Gasteiger partial charge in [-0.1, -0.05) is 24.3 Å². The minimum atomic E-state index is -0.201. The summed E-state index contributed by atoms with van der Waals surface area (Å²) >= 11 is 0. The molecule has 3 aliphatic rings. The van der Waals surface area contributed by atoms with Crippen molar-refractivity contribution in [2.75, 3.05) is 11.9 Å². The summed E-state index contributed by atoms with van der Waals surface area (Å²) in [6.07, 6.45) is 9.23. The van der Waals surface area contributed by atoms with Crippen molar-refractivity contribution in [1.29, 1.82) is 0 Å². The van der Waals surface area contributed by atoms with E-state index in [1.54, 1.807) is 0 Å². The molecule has 0 aromatic heterocycles. The van der Waals surface area contributed by atoms with Crippen LogP contribution < -0.4 is 10.6 Å². The van der Waals surface area contributed by atoms with Crippen molar-refractivity contribution in [3.63, 3.8) is 0 Å². The Morgan fingerprint density at radius 1 is 1.17 bits per heavy atom. The highest BCUT2D eigenvalue weighted by molar-refractivity contribution is 5.62. The second kappa shape index (κ2) is 3.42. The van der Waals surface area contributed by atoms with E-state index in [-0.39, 0.29) is 5.66 Å². The van der Waals surface area contributed by atoms with Crippen molar-refractivity contribution < 1.29 is 4.74 Å². The molecule has 90 valence electrons. The molecule has 0 radical (unpaired) electrons. The normalized spacial score (nSPS) is 27.3. The Balaban J connectivity index is 1.72. The highest BCUT2D eigenvalue weighted by Gasteiger charge is 2.37. The average Bonchev–Trinajstić information content (AvgIpc) is 2.76. The molecule has 0 amide bonds. The van der Waals surface area contributed by atoms with Gasteiger partial charge in [0.2, 0.25) is 0 Å². The lowest BCUT2D eigenvalue weighted by molar-refractivity contribution is 0.274. The predicted octanol–water partition coefficient (Wildman–Crippen LogP) is 2.31. The van der Waals surface area contributed by atoms with Crippen LogP contribution in [0.25, 0.3) is 0 Å². The van der Waals surface area contributed by atoms with E-state index in [0.29, 0.717) is 6.61 Å². The Hall–Kier alpha value is -2.16. The zero-order valence-corrected chi connectivity index (χ0v) is 9.94. The van der Waals surface area contributed by atoms with Crippen molar-refractivity contribution in [2.45, 2.75) is 12.1 Å². The van der Waals surface area contributed by atoms with E-state index < -0.39 is 0 Å². The monoisotopic (exact) mass is 238 g/mol. The molecule has 3 aliphatic heterocycles. The second-order valence-electron chi connectivity index (χ2n) is 4.91. The van der Waals surface area contributed by atoms with Gasteiger partial charge in [0.25, 0.3) is 0 Å². The van der Waals surface area contributed by atoms with E-state index in [1.165, 1.54) is 16.8 Å². The number of ether oxygens (including phenoxy) is 1. The molecule has 0 fully saturated rings. The van der Waals surface area contributed by atoms with Crippen LogP contribution in [0, 0.1) is 0 Å². The third kappa shape index (κ3) is 1.37. The van der Waals surface area contributed by atoms with Crippen molar-refractivity contribution in [1.82, 2.24) is 5.32 Å². The Kier molecular flexibility index (Phi) is 1.87. The quantitative estimate of drug-likeness (QED) is 0.727. The molecule has 2 N–H and O–H groups in total. The Morgan fingerprint density at radius 3 is 3.06 bits per heavy atom. The molecule has 0 bridgehead atoms. The molecule has 3 heteroatoms. The smallest absolute Gasteiger partial charge is 0.132 e. The number of para-hydroxylation sites is 1. The van der Waals surface area contributed by atoms with Gasteiger partial charge in [-0.05, 0) is 23.8 Å². The summed E-state index contributed by atoms with van der Waals surface area (Å²) in [5.41, 5.74) is 4.63. The Bertz CT molecular complexity index is 573. The lowest BCUT2D eigenvalue weighted by atomic mass is 9.96. The van der Waals surface area contributed by atoms with E-state index in [0.717, 1.165) is 12.1 Å². The molecule has 4 rings (SSSR count). The van der Waals surface area contributed by atoms with Crippen LogP contribution in [-0.2, 0) is 11.2 Å². The zero-order chi connectivity index (χ0) is 12.0. The fourth-order valence-electron chi connectivity index (χ4n) is 2.78. The SMILES string of the molecule is C1=CC2(Cc3ccccc3N2)NC2=COCC=C12. The minimum absolute atomic E-state index is 0.201. The Labute approximate surface area is 106 Å². The van der Waals surface area contributed by atoms with Crippen LogP contribution in [0.3, 0.4) is 0 Å². The molecule has 1 atom stereocenters. The van der Waals surface area contributed by atoms with E-state index >= 15 is 0 Å². The number of hydrogen-bond donors (Lipinski definition) is 2. The second-order valence-corrected chi connectivity index (χ2v) is 4.91. The van der Waals surface area contributed by atoms with Gasteiger partial charge in [-0.3, -0.25) is 0 Å².